The van der Waals surface area contributed by atoms with Crippen molar-refractivity contribution in [2.75, 3.05) is 26.2 Å². The van der Waals surface area contributed by atoms with Crippen molar-refractivity contribution in [3.05, 3.63) is 30.1 Å². The van der Waals surface area contributed by atoms with Crippen molar-refractivity contribution in [2.45, 2.75) is 30.6 Å². The first-order valence-corrected chi connectivity index (χ1v) is 9.47. The molecule has 0 N–H and O–H groups in total. The monoisotopic (exact) mass is 340 g/mol. The minimum Gasteiger partial charge on any atom is -0.342 e. The first-order chi connectivity index (χ1) is 11.0. The highest BCUT2D eigenvalue weighted by molar-refractivity contribution is 7.89. The number of piperidine rings is 1. The molecule has 0 aromatic heterocycles. The van der Waals surface area contributed by atoms with Crippen LogP contribution in [-0.4, -0.2) is 49.7 Å². The van der Waals surface area contributed by atoms with Crippen LogP contribution >= 0.6 is 0 Å². The molecule has 126 valence electrons. The van der Waals surface area contributed by atoms with Crippen molar-refractivity contribution in [3.63, 3.8) is 0 Å². The molecule has 3 rings (SSSR count). The van der Waals surface area contributed by atoms with E-state index in [1.807, 2.05) is 4.90 Å². The van der Waals surface area contributed by atoms with E-state index in [2.05, 4.69) is 0 Å². The number of sulfonamides is 1. The quantitative estimate of drug-likeness (QED) is 0.844. The maximum absolute atomic E-state index is 13.3. The second-order valence-corrected chi connectivity index (χ2v) is 8.11. The second kappa shape index (κ2) is 6.57. The fourth-order valence-corrected chi connectivity index (χ4v) is 4.82. The molecular formula is C16H21FN2O3S. The van der Waals surface area contributed by atoms with Gasteiger partial charge in [-0.25, -0.2) is 12.8 Å². The van der Waals surface area contributed by atoms with E-state index in [0.717, 1.165) is 32.0 Å². The Morgan fingerprint density at radius 3 is 2.35 bits per heavy atom. The van der Waals surface area contributed by atoms with Crippen molar-refractivity contribution in [1.82, 2.24) is 9.21 Å². The van der Waals surface area contributed by atoms with Gasteiger partial charge in [-0.3, -0.25) is 4.79 Å². The lowest BCUT2D eigenvalue weighted by atomic mass is 9.97. The number of likely N-dealkylation sites (tertiary alicyclic amines) is 1. The summed E-state index contributed by atoms with van der Waals surface area (Å²) in [4.78, 5) is 14.2. The summed E-state index contributed by atoms with van der Waals surface area (Å²) in [6.45, 7) is 2.26. The van der Waals surface area contributed by atoms with Gasteiger partial charge in [-0.1, -0.05) is 6.07 Å². The van der Waals surface area contributed by atoms with Crippen LogP contribution in [0.2, 0.25) is 0 Å². The number of benzene rings is 1. The van der Waals surface area contributed by atoms with E-state index in [1.54, 1.807) is 0 Å². The summed E-state index contributed by atoms with van der Waals surface area (Å²) in [5.41, 5.74) is 0. The van der Waals surface area contributed by atoms with Crippen LogP contribution in [0, 0.1) is 11.7 Å². The number of rotatable bonds is 3. The Labute approximate surface area is 136 Å². The Kier molecular flexibility index (Phi) is 4.68. The number of carbonyl (C=O) groups is 1. The van der Waals surface area contributed by atoms with E-state index in [4.69, 9.17) is 0 Å². The molecule has 2 heterocycles. The average Bonchev–Trinajstić information content (AvgIpc) is 3.09. The second-order valence-electron chi connectivity index (χ2n) is 6.17. The number of carbonyl (C=O) groups excluding carboxylic acids is 1. The van der Waals surface area contributed by atoms with Gasteiger partial charge in [0.25, 0.3) is 0 Å². The molecular weight excluding hydrogens is 319 g/mol. The third kappa shape index (κ3) is 3.40. The standard InChI is InChI=1S/C16H21FN2O3S/c17-14-4-3-5-15(12-14)23(21,22)19-10-6-13(7-11-19)16(20)18-8-1-2-9-18/h3-5,12-13H,1-2,6-11H2. The predicted molar refractivity (Wildman–Crippen MR) is 83.7 cm³/mol. The number of nitrogens with zero attached hydrogens (tertiary/aromatic N) is 2. The van der Waals surface area contributed by atoms with Crippen molar-refractivity contribution in [3.8, 4) is 0 Å². The first kappa shape index (κ1) is 16.4. The molecule has 0 atom stereocenters. The SMILES string of the molecule is O=C(C1CCN(S(=O)(=O)c2cccc(F)c2)CC1)N1CCCC1. The zero-order valence-corrected chi connectivity index (χ0v) is 13.8. The van der Waals surface area contributed by atoms with E-state index in [0.29, 0.717) is 25.9 Å². The molecule has 2 aliphatic heterocycles. The molecule has 0 aliphatic carbocycles. The minimum absolute atomic E-state index is 0.0261. The zero-order chi connectivity index (χ0) is 16.4. The van der Waals surface area contributed by atoms with Crippen molar-refractivity contribution in [2.24, 2.45) is 5.92 Å². The van der Waals surface area contributed by atoms with Crippen LogP contribution in [0.3, 0.4) is 0 Å². The van der Waals surface area contributed by atoms with Gasteiger partial charge in [-0.05, 0) is 43.9 Å². The van der Waals surface area contributed by atoms with Gasteiger partial charge in [0.2, 0.25) is 15.9 Å². The van der Waals surface area contributed by atoms with Gasteiger partial charge in [-0.15, -0.1) is 0 Å². The topological polar surface area (TPSA) is 57.7 Å². The zero-order valence-electron chi connectivity index (χ0n) is 12.9. The van der Waals surface area contributed by atoms with Crippen molar-refractivity contribution in [1.29, 1.82) is 0 Å². The molecule has 0 radical (unpaired) electrons. The summed E-state index contributed by atoms with van der Waals surface area (Å²) < 4.78 is 39.7. The maximum Gasteiger partial charge on any atom is 0.243 e. The Morgan fingerprint density at radius 2 is 1.74 bits per heavy atom. The highest BCUT2D eigenvalue weighted by Gasteiger charge is 2.34. The predicted octanol–water partition coefficient (Wildman–Crippen LogP) is 1.85. The summed E-state index contributed by atoms with van der Waals surface area (Å²) >= 11 is 0. The Hall–Kier alpha value is -1.47. The molecule has 5 nitrogen and oxygen atoms in total. The van der Waals surface area contributed by atoms with Crippen molar-refractivity contribution >= 4 is 15.9 Å². The average molecular weight is 340 g/mol. The van der Waals surface area contributed by atoms with Crippen LogP contribution in [0.5, 0.6) is 0 Å². The molecule has 7 heteroatoms. The maximum atomic E-state index is 13.3. The molecule has 0 saturated carbocycles. The van der Waals surface area contributed by atoms with Gasteiger partial charge in [0.15, 0.2) is 0 Å². The highest BCUT2D eigenvalue weighted by Crippen LogP contribution is 2.26. The van der Waals surface area contributed by atoms with Gasteiger partial charge < -0.3 is 4.90 Å². The van der Waals surface area contributed by atoms with Crippen molar-refractivity contribution < 1.29 is 17.6 Å². The van der Waals surface area contributed by atoms with Crippen LogP contribution in [0.25, 0.3) is 0 Å². The molecule has 0 bridgehead atoms. The fraction of sp³-hybridized carbons (Fsp3) is 0.562. The summed E-state index contributed by atoms with van der Waals surface area (Å²) in [6, 6.07) is 5.06. The van der Waals surface area contributed by atoms with E-state index in [1.165, 1.54) is 22.5 Å². The third-order valence-electron chi connectivity index (χ3n) is 4.65. The van der Waals surface area contributed by atoms with Gasteiger partial charge in [0.1, 0.15) is 5.82 Å². The molecule has 0 spiro atoms. The number of halogens is 1. The third-order valence-corrected chi connectivity index (χ3v) is 6.55. The summed E-state index contributed by atoms with van der Waals surface area (Å²) in [5.74, 6) is -0.498. The smallest absolute Gasteiger partial charge is 0.243 e. The van der Waals surface area contributed by atoms with Crippen LogP contribution in [0.15, 0.2) is 29.2 Å². The summed E-state index contributed by atoms with van der Waals surface area (Å²) in [7, 11) is -3.68. The number of hydrogen-bond acceptors (Lipinski definition) is 3. The van der Waals surface area contributed by atoms with Crippen LogP contribution < -0.4 is 0 Å². The van der Waals surface area contributed by atoms with Crippen LogP contribution in [-0.2, 0) is 14.8 Å². The lowest BCUT2D eigenvalue weighted by Crippen LogP contribution is -2.43. The molecule has 1 amide bonds. The highest BCUT2D eigenvalue weighted by atomic mass is 32.2. The molecule has 23 heavy (non-hydrogen) atoms. The van der Waals surface area contributed by atoms with Gasteiger partial charge in [0, 0.05) is 32.1 Å². The van der Waals surface area contributed by atoms with Crippen LogP contribution in [0.4, 0.5) is 4.39 Å². The minimum atomic E-state index is -3.68. The normalized spacial score (nSPS) is 20.8. The Bertz CT molecular complexity index is 678. The fourth-order valence-electron chi connectivity index (χ4n) is 3.32. The van der Waals surface area contributed by atoms with E-state index < -0.39 is 15.8 Å². The van der Waals surface area contributed by atoms with E-state index in [-0.39, 0.29) is 16.7 Å². The summed E-state index contributed by atoms with van der Waals surface area (Å²) in [5, 5.41) is 0. The van der Waals surface area contributed by atoms with Crippen LogP contribution in [0.1, 0.15) is 25.7 Å². The Balaban J connectivity index is 1.65. The lowest BCUT2D eigenvalue weighted by Gasteiger charge is -2.32. The van der Waals surface area contributed by atoms with E-state index >= 15 is 0 Å². The molecule has 0 unspecified atom stereocenters. The molecule has 2 saturated heterocycles. The largest absolute Gasteiger partial charge is 0.342 e. The van der Waals surface area contributed by atoms with E-state index in [9.17, 15) is 17.6 Å². The molecule has 1 aromatic carbocycles. The van der Waals surface area contributed by atoms with Gasteiger partial charge in [0.05, 0.1) is 4.90 Å². The first-order valence-electron chi connectivity index (χ1n) is 8.03. The molecule has 1 aromatic rings. The molecule has 2 fully saturated rings. The summed E-state index contributed by atoms with van der Waals surface area (Å²) in [6.07, 6.45) is 3.17. The number of amides is 1. The number of hydrogen-bond donors (Lipinski definition) is 0. The molecule has 2 aliphatic rings. The Morgan fingerprint density at radius 1 is 1.09 bits per heavy atom. The lowest BCUT2D eigenvalue weighted by molar-refractivity contribution is -0.135. The van der Waals surface area contributed by atoms with Gasteiger partial charge >= 0.3 is 0 Å². The van der Waals surface area contributed by atoms with Gasteiger partial charge in [-0.2, -0.15) is 4.31 Å².